The first-order chi connectivity index (χ1) is 4.20. The smallest absolute Gasteiger partial charge is 0.314 e. The molecular formula is C7H11O2. The van der Waals surface area contributed by atoms with E-state index in [0.29, 0.717) is 0 Å². The molecule has 0 saturated heterocycles. The van der Waals surface area contributed by atoms with E-state index in [1.807, 2.05) is 19.9 Å². The molecular weight excluding hydrogens is 116 g/mol. The lowest BCUT2D eigenvalue weighted by Gasteiger charge is -1.95. The number of allylic oxidation sites excluding steroid dienone is 1. The first-order valence-corrected chi connectivity index (χ1v) is 2.76. The molecule has 0 aromatic carbocycles. The Labute approximate surface area is 55.5 Å². The van der Waals surface area contributed by atoms with Crippen LogP contribution in [0.1, 0.15) is 13.8 Å². The second-order valence-electron chi connectivity index (χ2n) is 1.70. The van der Waals surface area contributed by atoms with E-state index in [1.54, 1.807) is 0 Å². The third-order valence-corrected chi connectivity index (χ3v) is 1.00. The molecule has 0 atom stereocenters. The summed E-state index contributed by atoms with van der Waals surface area (Å²) in [6.07, 6.45) is 3.29. The highest BCUT2D eigenvalue weighted by Gasteiger charge is 1.99. The van der Waals surface area contributed by atoms with Crippen molar-refractivity contribution in [2.24, 2.45) is 0 Å². The molecule has 0 amide bonds. The van der Waals surface area contributed by atoms with Gasteiger partial charge in [-0.05, 0) is 13.8 Å². The quantitative estimate of drug-likeness (QED) is 0.523. The summed E-state index contributed by atoms with van der Waals surface area (Å²) in [5, 5.41) is 0. The number of esters is 1. The third kappa shape index (κ3) is 3.76. The van der Waals surface area contributed by atoms with Crippen molar-refractivity contribution in [3.8, 4) is 0 Å². The van der Waals surface area contributed by atoms with Crippen molar-refractivity contribution in [3.63, 3.8) is 0 Å². The van der Waals surface area contributed by atoms with E-state index >= 15 is 0 Å². The number of hydrogen-bond donors (Lipinski definition) is 0. The lowest BCUT2D eigenvalue weighted by atomic mass is 10.2. The van der Waals surface area contributed by atoms with Gasteiger partial charge in [0.1, 0.15) is 0 Å². The highest BCUT2D eigenvalue weighted by atomic mass is 16.5. The number of rotatable bonds is 2. The summed E-state index contributed by atoms with van der Waals surface area (Å²) in [5.74, 6) is -0.300. The van der Waals surface area contributed by atoms with Crippen LogP contribution in [0.2, 0.25) is 0 Å². The average molecular weight is 127 g/mol. The van der Waals surface area contributed by atoms with Crippen LogP contribution in [0.3, 0.4) is 0 Å². The van der Waals surface area contributed by atoms with Gasteiger partial charge in [-0.25, -0.2) is 0 Å². The van der Waals surface area contributed by atoms with E-state index in [2.05, 4.69) is 4.74 Å². The maximum absolute atomic E-state index is 10.5. The Kier molecular flexibility index (Phi) is 3.76. The first kappa shape index (κ1) is 8.21. The maximum Gasteiger partial charge on any atom is 0.314 e. The van der Waals surface area contributed by atoms with Gasteiger partial charge in [-0.2, -0.15) is 0 Å². The topological polar surface area (TPSA) is 26.3 Å². The molecule has 0 aliphatic carbocycles. The number of carbonyl (C=O) groups excluding carboxylic acids is 1. The minimum atomic E-state index is -0.300. The zero-order chi connectivity index (χ0) is 7.28. The summed E-state index contributed by atoms with van der Waals surface area (Å²) in [6, 6.07) is 0. The fraction of sp³-hybridized carbons (Fsp3) is 0.429. The van der Waals surface area contributed by atoms with Crippen molar-refractivity contribution in [3.05, 3.63) is 18.1 Å². The predicted octanol–water partition coefficient (Wildman–Crippen LogP) is 1.33. The molecule has 0 bridgehead atoms. The second kappa shape index (κ2) is 4.13. The third-order valence-electron chi connectivity index (χ3n) is 1.00. The van der Waals surface area contributed by atoms with Gasteiger partial charge in [-0.15, -0.1) is 0 Å². The van der Waals surface area contributed by atoms with Crippen molar-refractivity contribution in [1.29, 1.82) is 0 Å². The average Bonchev–Trinajstić information content (AvgIpc) is 1.87. The SMILES string of the molecule is C/C=C(\C)[CH]C(=O)OC. The Balaban J connectivity index is 3.60. The van der Waals surface area contributed by atoms with Crippen LogP contribution in [0.5, 0.6) is 0 Å². The van der Waals surface area contributed by atoms with Crippen LogP contribution < -0.4 is 0 Å². The molecule has 0 aromatic rings. The van der Waals surface area contributed by atoms with Gasteiger partial charge in [0, 0.05) is 0 Å². The molecule has 0 saturated carbocycles. The summed E-state index contributed by atoms with van der Waals surface area (Å²) in [6.45, 7) is 3.71. The van der Waals surface area contributed by atoms with E-state index in [1.165, 1.54) is 13.5 Å². The number of methoxy groups -OCH3 is 1. The fourth-order valence-electron chi connectivity index (χ4n) is 0.328. The molecule has 0 heterocycles. The second-order valence-corrected chi connectivity index (χ2v) is 1.70. The monoisotopic (exact) mass is 127 g/mol. The molecule has 0 aliphatic heterocycles. The highest BCUT2D eigenvalue weighted by Crippen LogP contribution is 1.97. The van der Waals surface area contributed by atoms with Gasteiger partial charge in [-0.3, -0.25) is 4.79 Å². The first-order valence-electron chi connectivity index (χ1n) is 2.76. The van der Waals surface area contributed by atoms with Crippen LogP contribution in [0.4, 0.5) is 0 Å². The summed E-state index contributed by atoms with van der Waals surface area (Å²) < 4.78 is 4.39. The Morgan fingerprint density at radius 1 is 1.56 bits per heavy atom. The summed E-state index contributed by atoms with van der Waals surface area (Å²) >= 11 is 0. The molecule has 0 spiro atoms. The molecule has 0 aliphatic rings. The molecule has 0 fully saturated rings. The summed E-state index contributed by atoms with van der Waals surface area (Å²) in [5.41, 5.74) is 0.918. The van der Waals surface area contributed by atoms with Crippen LogP contribution in [0.25, 0.3) is 0 Å². The molecule has 0 unspecified atom stereocenters. The highest BCUT2D eigenvalue weighted by molar-refractivity contribution is 5.82. The lowest BCUT2D eigenvalue weighted by Crippen LogP contribution is -2.00. The van der Waals surface area contributed by atoms with Gasteiger partial charge in [0.25, 0.3) is 0 Å². The van der Waals surface area contributed by atoms with Crippen LogP contribution >= 0.6 is 0 Å². The maximum atomic E-state index is 10.5. The van der Waals surface area contributed by atoms with Gasteiger partial charge in [-0.1, -0.05) is 11.6 Å². The van der Waals surface area contributed by atoms with Crippen LogP contribution in [0, 0.1) is 6.42 Å². The van der Waals surface area contributed by atoms with Crippen LogP contribution in [0.15, 0.2) is 11.6 Å². The van der Waals surface area contributed by atoms with Crippen LogP contribution in [-0.4, -0.2) is 13.1 Å². The zero-order valence-corrected chi connectivity index (χ0v) is 5.97. The molecule has 9 heavy (non-hydrogen) atoms. The van der Waals surface area contributed by atoms with Gasteiger partial charge < -0.3 is 4.74 Å². The van der Waals surface area contributed by atoms with Gasteiger partial charge in [0.2, 0.25) is 0 Å². The van der Waals surface area contributed by atoms with Crippen molar-refractivity contribution in [2.75, 3.05) is 7.11 Å². The van der Waals surface area contributed by atoms with E-state index in [0.717, 1.165) is 5.57 Å². The van der Waals surface area contributed by atoms with E-state index in [9.17, 15) is 4.79 Å². The molecule has 1 radical (unpaired) electrons. The van der Waals surface area contributed by atoms with E-state index in [-0.39, 0.29) is 5.97 Å². The molecule has 2 nitrogen and oxygen atoms in total. The fourth-order valence-corrected chi connectivity index (χ4v) is 0.328. The summed E-state index contributed by atoms with van der Waals surface area (Å²) in [7, 11) is 1.36. The van der Waals surface area contributed by atoms with E-state index < -0.39 is 0 Å². The van der Waals surface area contributed by atoms with E-state index in [4.69, 9.17) is 0 Å². The van der Waals surface area contributed by atoms with Crippen LogP contribution in [-0.2, 0) is 9.53 Å². The molecule has 51 valence electrons. The standard InChI is InChI=1S/C7H11O2/c1-4-6(2)5-7(8)9-3/h4-5H,1-3H3/b6-4+. The van der Waals surface area contributed by atoms with Gasteiger partial charge in [0.05, 0.1) is 13.5 Å². The normalized spacial score (nSPS) is 11.2. The van der Waals surface area contributed by atoms with Gasteiger partial charge >= 0.3 is 5.97 Å². The van der Waals surface area contributed by atoms with Crippen molar-refractivity contribution < 1.29 is 9.53 Å². The number of carbonyl (C=O) groups is 1. The van der Waals surface area contributed by atoms with Crippen molar-refractivity contribution in [2.45, 2.75) is 13.8 Å². The number of hydrogen-bond acceptors (Lipinski definition) is 2. The predicted molar refractivity (Wildman–Crippen MR) is 35.7 cm³/mol. The van der Waals surface area contributed by atoms with Gasteiger partial charge in [0.15, 0.2) is 0 Å². The van der Waals surface area contributed by atoms with Crippen molar-refractivity contribution in [1.82, 2.24) is 0 Å². The summed E-state index contributed by atoms with van der Waals surface area (Å²) in [4.78, 5) is 10.5. The Bertz CT molecular complexity index is 125. The minimum absolute atomic E-state index is 0.300. The Morgan fingerprint density at radius 3 is 2.44 bits per heavy atom. The Hall–Kier alpha value is -0.790. The molecule has 0 aromatic heterocycles. The van der Waals surface area contributed by atoms with Crippen molar-refractivity contribution >= 4 is 5.97 Å². The molecule has 2 heteroatoms. The Morgan fingerprint density at radius 2 is 2.11 bits per heavy atom. The molecule has 0 rings (SSSR count). The zero-order valence-electron chi connectivity index (χ0n) is 5.97. The largest absolute Gasteiger partial charge is 0.469 e. The minimum Gasteiger partial charge on any atom is -0.469 e. The number of ether oxygens (including phenoxy) is 1. The lowest BCUT2D eigenvalue weighted by molar-refractivity contribution is -0.136. The molecule has 0 N–H and O–H groups in total.